The Kier molecular flexibility index (Phi) is 5.50. The zero-order valence-corrected chi connectivity index (χ0v) is 16.4. The second-order valence-corrected chi connectivity index (χ2v) is 10.2. The van der Waals surface area contributed by atoms with Crippen molar-refractivity contribution in [2.75, 3.05) is 0 Å². The predicted molar refractivity (Wildman–Crippen MR) is 90.3 cm³/mol. The van der Waals surface area contributed by atoms with Crippen molar-refractivity contribution in [3.8, 4) is 0 Å². The summed E-state index contributed by atoms with van der Waals surface area (Å²) in [6, 6.07) is 5.11. The molecule has 0 bridgehead atoms. The van der Waals surface area contributed by atoms with Gasteiger partial charge in [-0.15, -0.1) is 0 Å². The summed E-state index contributed by atoms with van der Waals surface area (Å²) in [6.07, 6.45) is 0.741. The topological polar surface area (TPSA) is 46.2 Å². The lowest BCUT2D eigenvalue weighted by Crippen LogP contribution is -2.45. The Balaban J connectivity index is 3.09. The smallest absolute Gasteiger partial charge is 0.207 e. The summed E-state index contributed by atoms with van der Waals surface area (Å²) in [5.41, 5.74) is -0.473. The Morgan fingerprint density at radius 3 is 2.15 bits per heavy atom. The molecular formula is C14H21Br2NO2S. The predicted octanol–water partition coefficient (Wildman–Crippen LogP) is 4.70. The van der Waals surface area contributed by atoms with E-state index in [0.717, 1.165) is 10.9 Å². The monoisotopic (exact) mass is 425 g/mol. The third-order valence-corrected chi connectivity index (χ3v) is 5.75. The largest absolute Gasteiger partial charge is 0.242 e. The highest BCUT2D eigenvalue weighted by atomic mass is 79.9. The molecule has 0 aromatic heterocycles. The molecule has 1 rings (SSSR count). The zero-order valence-electron chi connectivity index (χ0n) is 12.4. The Labute approximate surface area is 138 Å². The molecule has 0 atom stereocenters. The standard InChI is InChI=1S/C14H21Br2NO2S/c1-13(2,3)9-14(4,5)17-20(18,19)12-8-10(15)6-7-11(12)16/h6-8,17H,9H2,1-5H3. The van der Waals surface area contributed by atoms with Gasteiger partial charge in [-0.3, -0.25) is 0 Å². The summed E-state index contributed by atoms with van der Waals surface area (Å²) in [6.45, 7) is 10.1. The van der Waals surface area contributed by atoms with Crippen molar-refractivity contribution in [2.45, 2.75) is 51.5 Å². The molecule has 1 aromatic carbocycles. The fourth-order valence-corrected chi connectivity index (χ4v) is 5.38. The van der Waals surface area contributed by atoms with Crippen molar-refractivity contribution in [3.63, 3.8) is 0 Å². The number of halogens is 2. The summed E-state index contributed by atoms with van der Waals surface area (Å²) >= 11 is 6.60. The first-order valence-electron chi connectivity index (χ1n) is 6.31. The maximum atomic E-state index is 12.5. The van der Waals surface area contributed by atoms with E-state index in [1.807, 2.05) is 13.8 Å². The molecule has 0 saturated heterocycles. The lowest BCUT2D eigenvalue weighted by atomic mass is 9.82. The van der Waals surface area contributed by atoms with Crippen LogP contribution in [0.3, 0.4) is 0 Å². The summed E-state index contributed by atoms with van der Waals surface area (Å²) in [5, 5.41) is 0. The Morgan fingerprint density at radius 1 is 1.10 bits per heavy atom. The van der Waals surface area contributed by atoms with Crippen LogP contribution in [-0.2, 0) is 10.0 Å². The lowest BCUT2D eigenvalue weighted by molar-refractivity contribution is 0.269. The fraction of sp³-hybridized carbons (Fsp3) is 0.571. The molecule has 0 fully saturated rings. The van der Waals surface area contributed by atoms with Gasteiger partial charge in [-0.25, -0.2) is 13.1 Å². The Bertz CT molecular complexity index is 590. The van der Waals surface area contributed by atoms with E-state index >= 15 is 0 Å². The van der Waals surface area contributed by atoms with Gasteiger partial charge in [0.25, 0.3) is 0 Å². The molecule has 3 nitrogen and oxygen atoms in total. The first-order valence-corrected chi connectivity index (χ1v) is 9.38. The van der Waals surface area contributed by atoms with Crippen molar-refractivity contribution in [2.24, 2.45) is 5.41 Å². The zero-order chi connectivity index (χ0) is 15.8. The summed E-state index contributed by atoms with van der Waals surface area (Å²) in [5.74, 6) is 0. The first kappa shape index (κ1) is 18.1. The quantitative estimate of drug-likeness (QED) is 0.757. The molecule has 0 heterocycles. The molecule has 0 aliphatic carbocycles. The summed E-state index contributed by atoms with van der Waals surface area (Å²) < 4.78 is 29.2. The third-order valence-electron chi connectivity index (χ3n) is 2.57. The van der Waals surface area contributed by atoms with Gasteiger partial charge in [-0.05, 0) is 59.8 Å². The molecule has 0 saturated carbocycles. The van der Waals surface area contributed by atoms with E-state index in [9.17, 15) is 8.42 Å². The second-order valence-electron chi connectivity index (χ2n) is 6.80. The van der Waals surface area contributed by atoms with Crippen molar-refractivity contribution < 1.29 is 8.42 Å². The fourth-order valence-electron chi connectivity index (χ4n) is 2.46. The van der Waals surface area contributed by atoms with Crippen LogP contribution in [0.4, 0.5) is 0 Å². The lowest BCUT2D eigenvalue weighted by Gasteiger charge is -2.33. The summed E-state index contributed by atoms with van der Waals surface area (Å²) in [7, 11) is -3.57. The minimum absolute atomic E-state index is 0.0422. The normalized spacial score (nSPS) is 13.6. The van der Waals surface area contributed by atoms with Gasteiger partial charge in [0.1, 0.15) is 0 Å². The van der Waals surface area contributed by atoms with Gasteiger partial charge in [0.15, 0.2) is 0 Å². The maximum absolute atomic E-state index is 12.5. The van der Waals surface area contributed by atoms with E-state index in [1.54, 1.807) is 18.2 Å². The molecular weight excluding hydrogens is 406 g/mol. The molecule has 1 aromatic rings. The van der Waals surface area contributed by atoms with Gasteiger partial charge in [-0.2, -0.15) is 0 Å². The van der Waals surface area contributed by atoms with E-state index in [1.165, 1.54) is 0 Å². The number of benzene rings is 1. The van der Waals surface area contributed by atoms with Crippen LogP contribution < -0.4 is 4.72 Å². The first-order chi connectivity index (χ1) is 8.82. The molecule has 0 unspecified atom stereocenters. The van der Waals surface area contributed by atoms with Crippen molar-refractivity contribution in [1.29, 1.82) is 0 Å². The van der Waals surface area contributed by atoms with Gasteiger partial charge in [0.05, 0.1) is 4.90 Å². The van der Waals surface area contributed by atoms with Crippen LogP contribution in [0.5, 0.6) is 0 Å². The van der Waals surface area contributed by atoms with Gasteiger partial charge >= 0.3 is 0 Å². The maximum Gasteiger partial charge on any atom is 0.242 e. The van der Waals surface area contributed by atoms with E-state index in [2.05, 4.69) is 57.4 Å². The summed E-state index contributed by atoms with van der Waals surface area (Å²) in [4.78, 5) is 0.244. The Morgan fingerprint density at radius 2 is 1.65 bits per heavy atom. The average Bonchev–Trinajstić information content (AvgIpc) is 2.15. The highest BCUT2D eigenvalue weighted by molar-refractivity contribution is 9.11. The molecule has 0 amide bonds. The molecule has 1 N–H and O–H groups in total. The average molecular weight is 427 g/mol. The van der Waals surface area contributed by atoms with E-state index < -0.39 is 15.6 Å². The van der Waals surface area contributed by atoms with Crippen LogP contribution in [0.15, 0.2) is 32.0 Å². The van der Waals surface area contributed by atoms with E-state index in [-0.39, 0.29) is 10.3 Å². The number of hydrogen-bond acceptors (Lipinski definition) is 2. The van der Waals surface area contributed by atoms with E-state index in [0.29, 0.717) is 4.47 Å². The minimum atomic E-state index is -3.57. The van der Waals surface area contributed by atoms with Crippen LogP contribution in [0, 0.1) is 5.41 Å². The van der Waals surface area contributed by atoms with Crippen molar-refractivity contribution in [1.82, 2.24) is 4.72 Å². The Hall–Kier alpha value is 0.0900. The molecule has 6 heteroatoms. The van der Waals surface area contributed by atoms with Crippen molar-refractivity contribution >= 4 is 41.9 Å². The highest BCUT2D eigenvalue weighted by Gasteiger charge is 2.31. The van der Waals surface area contributed by atoms with Crippen LogP contribution in [0.25, 0.3) is 0 Å². The van der Waals surface area contributed by atoms with Crippen LogP contribution in [-0.4, -0.2) is 14.0 Å². The van der Waals surface area contributed by atoms with E-state index in [4.69, 9.17) is 0 Å². The van der Waals surface area contributed by atoms with Gasteiger partial charge < -0.3 is 0 Å². The third kappa shape index (κ3) is 5.47. The number of sulfonamides is 1. The SMILES string of the molecule is CC(C)(C)CC(C)(C)NS(=O)(=O)c1cc(Br)ccc1Br. The van der Waals surface area contributed by atoms with Crippen LogP contribution in [0.1, 0.15) is 41.0 Å². The minimum Gasteiger partial charge on any atom is -0.207 e. The molecule has 0 spiro atoms. The van der Waals surface area contributed by atoms with Crippen molar-refractivity contribution in [3.05, 3.63) is 27.1 Å². The number of rotatable bonds is 4. The molecule has 0 aliphatic rings. The number of nitrogens with one attached hydrogen (secondary N) is 1. The van der Waals surface area contributed by atoms with Crippen LogP contribution >= 0.6 is 31.9 Å². The van der Waals surface area contributed by atoms with Gasteiger partial charge in [0.2, 0.25) is 10.0 Å². The van der Waals surface area contributed by atoms with Gasteiger partial charge in [-0.1, -0.05) is 36.7 Å². The molecule has 20 heavy (non-hydrogen) atoms. The number of hydrogen-bond donors (Lipinski definition) is 1. The highest BCUT2D eigenvalue weighted by Crippen LogP contribution is 2.30. The molecule has 0 radical (unpaired) electrons. The van der Waals surface area contributed by atoms with Crippen LogP contribution in [0.2, 0.25) is 0 Å². The van der Waals surface area contributed by atoms with Gasteiger partial charge in [0, 0.05) is 14.5 Å². The molecule has 114 valence electrons. The second kappa shape index (κ2) is 6.07. The molecule has 0 aliphatic heterocycles.